The molecule has 1 aromatic rings. The number of rotatable bonds is 6. The van der Waals surface area contributed by atoms with Crippen molar-refractivity contribution in [3.8, 4) is 11.5 Å². The van der Waals surface area contributed by atoms with Gasteiger partial charge in [-0.1, -0.05) is 13.8 Å². The predicted molar refractivity (Wildman–Crippen MR) is 80.2 cm³/mol. The molecule has 0 aliphatic carbocycles. The van der Waals surface area contributed by atoms with Gasteiger partial charge in [0.05, 0.1) is 20.3 Å². The maximum absolute atomic E-state index is 10.2. The Morgan fingerprint density at radius 1 is 1.21 bits per heavy atom. The minimum atomic E-state index is -0.625. The van der Waals surface area contributed by atoms with E-state index >= 15 is 0 Å². The Kier molecular flexibility index (Phi) is 6.10. The van der Waals surface area contributed by atoms with E-state index < -0.39 is 6.10 Å². The van der Waals surface area contributed by atoms with E-state index in [9.17, 15) is 5.11 Å². The Labute approximate surface area is 123 Å². The largest absolute Gasteiger partial charge is 0.495 e. The summed E-state index contributed by atoms with van der Waals surface area (Å²) in [6.45, 7) is 4.64. The van der Waals surface area contributed by atoms with E-state index in [-0.39, 0.29) is 5.92 Å². The van der Waals surface area contributed by atoms with Crippen molar-refractivity contribution in [3.05, 3.63) is 21.7 Å². The lowest BCUT2D eigenvalue weighted by atomic mass is 9.96. The van der Waals surface area contributed by atoms with Crippen molar-refractivity contribution in [3.63, 3.8) is 0 Å². The third-order valence-corrected chi connectivity index (χ3v) is 3.74. The van der Waals surface area contributed by atoms with Gasteiger partial charge in [0.2, 0.25) is 0 Å². The highest BCUT2D eigenvalue weighted by Crippen LogP contribution is 2.44. The van der Waals surface area contributed by atoms with Crippen molar-refractivity contribution in [1.82, 2.24) is 5.32 Å². The Morgan fingerprint density at radius 2 is 1.74 bits per heavy atom. The van der Waals surface area contributed by atoms with Crippen molar-refractivity contribution in [2.45, 2.75) is 25.9 Å². The molecular formula is C14H22BrNO3. The van der Waals surface area contributed by atoms with E-state index in [2.05, 4.69) is 35.1 Å². The highest BCUT2D eigenvalue weighted by atomic mass is 79.9. The fraction of sp³-hybridized carbons (Fsp3) is 0.571. The van der Waals surface area contributed by atoms with Crippen molar-refractivity contribution < 1.29 is 14.6 Å². The number of nitrogens with one attached hydrogen (secondary N) is 1. The molecule has 0 amide bonds. The summed E-state index contributed by atoms with van der Waals surface area (Å²) in [4.78, 5) is 0. The zero-order valence-electron chi connectivity index (χ0n) is 12.1. The molecule has 1 rings (SSSR count). The Hall–Kier alpha value is -0.780. The summed E-state index contributed by atoms with van der Waals surface area (Å²) in [7, 11) is 5.02. The predicted octanol–water partition coefficient (Wildman–Crippen LogP) is 2.84. The third-order valence-electron chi connectivity index (χ3n) is 3.02. The van der Waals surface area contributed by atoms with Crippen LogP contribution >= 0.6 is 15.9 Å². The summed E-state index contributed by atoms with van der Waals surface area (Å²) in [5.74, 6) is 1.66. The first-order chi connectivity index (χ1) is 8.97. The minimum Gasteiger partial charge on any atom is -0.495 e. The van der Waals surface area contributed by atoms with Crippen LogP contribution in [0.15, 0.2) is 10.5 Å². The molecule has 1 aromatic carbocycles. The van der Waals surface area contributed by atoms with E-state index in [1.165, 1.54) is 0 Å². The van der Waals surface area contributed by atoms with E-state index in [0.29, 0.717) is 12.3 Å². The van der Waals surface area contributed by atoms with Crippen LogP contribution in [-0.4, -0.2) is 32.9 Å². The molecule has 2 N–H and O–H groups in total. The molecule has 0 aliphatic rings. The summed E-state index contributed by atoms with van der Waals surface area (Å²) in [5, 5.41) is 13.2. The second kappa shape index (κ2) is 7.12. The van der Waals surface area contributed by atoms with Crippen molar-refractivity contribution in [2.75, 3.05) is 27.8 Å². The third kappa shape index (κ3) is 3.41. The van der Waals surface area contributed by atoms with Crippen molar-refractivity contribution in [2.24, 2.45) is 0 Å². The molecule has 0 aromatic heterocycles. The van der Waals surface area contributed by atoms with E-state index in [4.69, 9.17) is 9.47 Å². The fourth-order valence-corrected chi connectivity index (χ4v) is 2.83. The van der Waals surface area contributed by atoms with Crippen LogP contribution in [0, 0.1) is 0 Å². The molecule has 0 heterocycles. The van der Waals surface area contributed by atoms with Crippen LogP contribution in [0.25, 0.3) is 0 Å². The number of methoxy groups -OCH3 is 2. The number of aliphatic hydroxyl groups is 1. The molecule has 0 saturated carbocycles. The van der Waals surface area contributed by atoms with Gasteiger partial charge in [-0.25, -0.2) is 0 Å². The quantitative estimate of drug-likeness (QED) is 0.841. The van der Waals surface area contributed by atoms with Crippen LogP contribution in [0.3, 0.4) is 0 Å². The molecule has 5 heteroatoms. The first-order valence-electron chi connectivity index (χ1n) is 6.24. The Bertz CT molecular complexity index is 435. The highest BCUT2D eigenvalue weighted by molar-refractivity contribution is 9.10. The average molecular weight is 332 g/mol. The lowest BCUT2D eigenvalue weighted by molar-refractivity contribution is 0.173. The average Bonchev–Trinajstić information content (AvgIpc) is 2.37. The second-order valence-corrected chi connectivity index (χ2v) is 5.46. The Morgan fingerprint density at radius 3 is 2.16 bits per heavy atom. The van der Waals surface area contributed by atoms with Gasteiger partial charge in [-0.3, -0.25) is 0 Å². The standard InChI is InChI=1S/C14H22BrNO3/c1-8(2)9-6-10(11(17)7-16-3)14(19-5)12(15)13(9)18-4/h6,8,11,16-17H,7H2,1-5H3. The summed E-state index contributed by atoms with van der Waals surface area (Å²) in [6.07, 6.45) is -0.625. The van der Waals surface area contributed by atoms with Crippen LogP contribution in [-0.2, 0) is 0 Å². The molecule has 1 unspecified atom stereocenters. The van der Waals surface area contributed by atoms with E-state index in [0.717, 1.165) is 21.3 Å². The smallest absolute Gasteiger partial charge is 0.142 e. The van der Waals surface area contributed by atoms with Crippen LogP contribution in [0.2, 0.25) is 0 Å². The number of ether oxygens (including phenoxy) is 2. The van der Waals surface area contributed by atoms with E-state index in [1.54, 1.807) is 21.3 Å². The number of benzene rings is 1. The van der Waals surface area contributed by atoms with E-state index in [1.807, 2.05) is 6.07 Å². The van der Waals surface area contributed by atoms with Gasteiger partial charge in [-0.05, 0) is 40.5 Å². The maximum atomic E-state index is 10.2. The molecule has 108 valence electrons. The molecule has 0 aliphatic heterocycles. The zero-order valence-corrected chi connectivity index (χ0v) is 13.7. The molecular weight excluding hydrogens is 310 g/mol. The summed E-state index contributed by atoms with van der Waals surface area (Å²) >= 11 is 3.51. The van der Waals surface area contributed by atoms with Crippen LogP contribution < -0.4 is 14.8 Å². The molecule has 0 saturated heterocycles. The fourth-order valence-electron chi connectivity index (χ4n) is 2.05. The van der Waals surface area contributed by atoms with Gasteiger partial charge in [0.25, 0.3) is 0 Å². The van der Waals surface area contributed by atoms with Gasteiger partial charge in [-0.15, -0.1) is 0 Å². The zero-order chi connectivity index (χ0) is 14.6. The van der Waals surface area contributed by atoms with Gasteiger partial charge < -0.3 is 19.9 Å². The Balaban J connectivity index is 3.45. The lowest BCUT2D eigenvalue weighted by Crippen LogP contribution is -2.18. The number of aliphatic hydroxyl groups excluding tert-OH is 1. The SMILES string of the molecule is CNCC(O)c1cc(C(C)C)c(OC)c(Br)c1OC. The number of hydrogen-bond acceptors (Lipinski definition) is 4. The lowest BCUT2D eigenvalue weighted by Gasteiger charge is -2.22. The van der Waals surface area contributed by atoms with Crippen LogP contribution in [0.4, 0.5) is 0 Å². The van der Waals surface area contributed by atoms with Crippen molar-refractivity contribution >= 4 is 15.9 Å². The molecule has 0 radical (unpaired) electrons. The molecule has 19 heavy (non-hydrogen) atoms. The van der Waals surface area contributed by atoms with Gasteiger partial charge in [0.15, 0.2) is 0 Å². The highest BCUT2D eigenvalue weighted by Gasteiger charge is 2.23. The molecule has 0 fully saturated rings. The van der Waals surface area contributed by atoms with Gasteiger partial charge in [0.1, 0.15) is 16.0 Å². The van der Waals surface area contributed by atoms with Crippen LogP contribution in [0.5, 0.6) is 11.5 Å². The summed E-state index contributed by atoms with van der Waals surface area (Å²) in [6, 6.07) is 1.95. The molecule has 1 atom stereocenters. The monoisotopic (exact) mass is 331 g/mol. The molecule has 4 nitrogen and oxygen atoms in total. The topological polar surface area (TPSA) is 50.7 Å². The van der Waals surface area contributed by atoms with Crippen molar-refractivity contribution in [1.29, 1.82) is 0 Å². The summed E-state index contributed by atoms with van der Waals surface area (Å²) in [5.41, 5.74) is 1.80. The molecule has 0 bridgehead atoms. The second-order valence-electron chi connectivity index (χ2n) is 4.66. The maximum Gasteiger partial charge on any atom is 0.142 e. The number of likely N-dealkylation sites (N-methyl/N-ethyl adjacent to an activating group) is 1. The minimum absolute atomic E-state index is 0.290. The van der Waals surface area contributed by atoms with Gasteiger partial charge in [0, 0.05) is 12.1 Å². The van der Waals surface area contributed by atoms with Gasteiger partial charge >= 0.3 is 0 Å². The summed E-state index contributed by atoms with van der Waals surface area (Å²) < 4.78 is 11.6. The van der Waals surface area contributed by atoms with Gasteiger partial charge in [-0.2, -0.15) is 0 Å². The number of hydrogen-bond donors (Lipinski definition) is 2. The molecule has 0 spiro atoms. The first kappa shape index (κ1) is 16.3. The number of halogens is 1. The first-order valence-corrected chi connectivity index (χ1v) is 7.04. The van der Waals surface area contributed by atoms with Crippen LogP contribution in [0.1, 0.15) is 37.0 Å². The normalized spacial score (nSPS) is 12.6.